The number of halogens is 1. The first kappa shape index (κ1) is 22.3. The van der Waals surface area contributed by atoms with Gasteiger partial charge < -0.3 is 9.80 Å². The van der Waals surface area contributed by atoms with E-state index in [9.17, 15) is 14.4 Å². The van der Waals surface area contributed by atoms with E-state index in [-0.39, 0.29) is 30.6 Å². The van der Waals surface area contributed by atoms with Crippen LogP contribution in [0.1, 0.15) is 18.4 Å². The van der Waals surface area contributed by atoms with E-state index in [2.05, 4.69) is 14.9 Å². The Morgan fingerprint density at radius 2 is 1.71 bits per heavy atom. The molecule has 34 heavy (non-hydrogen) atoms. The van der Waals surface area contributed by atoms with Gasteiger partial charge in [0.15, 0.2) is 0 Å². The molecule has 3 aromatic rings. The first-order valence-corrected chi connectivity index (χ1v) is 11.6. The summed E-state index contributed by atoms with van der Waals surface area (Å²) in [6.07, 6.45) is 1.40. The molecule has 174 valence electrons. The number of aromatic nitrogens is 2. The van der Waals surface area contributed by atoms with Gasteiger partial charge in [0.1, 0.15) is 12.1 Å². The van der Waals surface area contributed by atoms with Crippen LogP contribution >= 0.6 is 11.6 Å². The molecule has 1 unspecified atom stereocenters. The van der Waals surface area contributed by atoms with Crippen LogP contribution < -0.4 is 4.90 Å². The molecule has 2 saturated heterocycles. The van der Waals surface area contributed by atoms with Gasteiger partial charge in [0.25, 0.3) is 0 Å². The molecule has 2 aliphatic heterocycles. The fourth-order valence-corrected chi connectivity index (χ4v) is 5.28. The van der Waals surface area contributed by atoms with Gasteiger partial charge in [-0.2, -0.15) is 0 Å². The fourth-order valence-electron chi connectivity index (χ4n) is 4.96. The number of piperazine rings is 1. The minimum Gasteiger partial charge on any atom is -0.352 e. The van der Waals surface area contributed by atoms with E-state index in [0.29, 0.717) is 36.8 Å². The lowest BCUT2D eigenvalue weighted by molar-refractivity contribution is -0.141. The highest BCUT2D eigenvalue weighted by molar-refractivity contribution is 6.32. The van der Waals surface area contributed by atoms with Gasteiger partial charge in [-0.1, -0.05) is 41.9 Å². The van der Waals surface area contributed by atoms with Crippen molar-refractivity contribution in [2.24, 2.45) is 0 Å². The average Bonchev–Trinajstić information content (AvgIpc) is 3.08. The molecule has 8 nitrogen and oxygen atoms in total. The van der Waals surface area contributed by atoms with Crippen molar-refractivity contribution in [2.45, 2.75) is 18.3 Å². The maximum atomic E-state index is 13.4. The zero-order valence-corrected chi connectivity index (χ0v) is 19.5. The molecule has 2 aromatic carbocycles. The molecule has 1 aromatic heterocycles. The van der Waals surface area contributed by atoms with Crippen LogP contribution in [0.3, 0.4) is 0 Å². The van der Waals surface area contributed by atoms with E-state index in [1.165, 1.54) is 7.05 Å². The minimum atomic E-state index is -1.28. The Bertz CT molecular complexity index is 1290. The highest BCUT2D eigenvalue weighted by Crippen LogP contribution is 2.42. The van der Waals surface area contributed by atoms with Crippen LogP contribution in [0.25, 0.3) is 10.9 Å². The minimum absolute atomic E-state index is 0.0648. The molecule has 3 amide bonds. The summed E-state index contributed by atoms with van der Waals surface area (Å²) in [5, 5.41) is 1.35. The first-order valence-electron chi connectivity index (χ1n) is 11.2. The summed E-state index contributed by atoms with van der Waals surface area (Å²) in [4.78, 5) is 52.9. The molecule has 0 saturated carbocycles. The van der Waals surface area contributed by atoms with Crippen LogP contribution in [0.2, 0.25) is 5.02 Å². The van der Waals surface area contributed by atoms with Gasteiger partial charge in [-0.05, 0) is 23.8 Å². The monoisotopic (exact) mass is 477 g/mol. The molecule has 3 heterocycles. The zero-order valence-electron chi connectivity index (χ0n) is 18.8. The number of carbonyl (C=O) groups excluding carboxylic acids is 3. The quantitative estimate of drug-likeness (QED) is 0.537. The van der Waals surface area contributed by atoms with Gasteiger partial charge in [-0.3, -0.25) is 19.3 Å². The SMILES string of the molecule is CN1C(=O)CC(CC(=O)N2CCN(c3ncnc4ccccc34)CC2)(c2ccccc2Cl)C1=O. The molecule has 5 rings (SSSR count). The zero-order chi connectivity index (χ0) is 23.9. The maximum absolute atomic E-state index is 13.4. The van der Waals surface area contributed by atoms with E-state index < -0.39 is 5.41 Å². The number of fused-ring (bicyclic) bond motifs is 1. The van der Waals surface area contributed by atoms with Crippen molar-refractivity contribution in [3.8, 4) is 0 Å². The van der Waals surface area contributed by atoms with Crippen LogP contribution in [0.4, 0.5) is 5.82 Å². The van der Waals surface area contributed by atoms with Crippen LogP contribution in [0, 0.1) is 0 Å². The second-order valence-electron chi connectivity index (χ2n) is 8.76. The van der Waals surface area contributed by atoms with Gasteiger partial charge >= 0.3 is 0 Å². The Balaban J connectivity index is 1.35. The summed E-state index contributed by atoms with van der Waals surface area (Å²) < 4.78 is 0. The third kappa shape index (κ3) is 3.68. The Kier molecular flexibility index (Phi) is 5.69. The van der Waals surface area contributed by atoms with Crippen LogP contribution in [0.15, 0.2) is 54.9 Å². The Morgan fingerprint density at radius 1 is 1.00 bits per heavy atom. The number of carbonyl (C=O) groups is 3. The molecular formula is C25H24ClN5O3. The average molecular weight is 478 g/mol. The number of likely N-dealkylation sites (tertiary alicyclic amines) is 1. The molecule has 1 atom stereocenters. The number of benzene rings is 2. The highest BCUT2D eigenvalue weighted by Gasteiger charge is 2.53. The smallest absolute Gasteiger partial charge is 0.240 e. The van der Waals surface area contributed by atoms with Gasteiger partial charge in [0, 0.05) is 56.5 Å². The third-order valence-corrected chi connectivity index (χ3v) is 7.17. The van der Waals surface area contributed by atoms with Gasteiger partial charge in [0.2, 0.25) is 17.7 Å². The van der Waals surface area contributed by atoms with Crippen molar-refractivity contribution < 1.29 is 14.4 Å². The van der Waals surface area contributed by atoms with E-state index in [1.54, 1.807) is 35.5 Å². The normalized spacial score (nSPS) is 20.9. The number of rotatable bonds is 4. The number of nitrogens with zero attached hydrogens (tertiary/aromatic N) is 5. The second-order valence-corrected chi connectivity index (χ2v) is 9.16. The van der Waals surface area contributed by atoms with E-state index >= 15 is 0 Å². The third-order valence-electron chi connectivity index (χ3n) is 6.84. The van der Waals surface area contributed by atoms with Gasteiger partial charge in [-0.15, -0.1) is 0 Å². The predicted molar refractivity (Wildman–Crippen MR) is 128 cm³/mol. The number of hydrogen-bond donors (Lipinski definition) is 0. The number of imide groups is 1. The lowest BCUT2D eigenvalue weighted by atomic mass is 9.75. The topological polar surface area (TPSA) is 86.7 Å². The molecule has 9 heteroatoms. The summed E-state index contributed by atoms with van der Waals surface area (Å²) in [6.45, 7) is 2.21. The van der Waals surface area contributed by atoms with Crippen molar-refractivity contribution in [1.82, 2.24) is 19.8 Å². The maximum Gasteiger partial charge on any atom is 0.240 e. The van der Waals surface area contributed by atoms with Crippen molar-refractivity contribution in [3.63, 3.8) is 0 Å². The number of para-hydroxylation sites is 1. The first-order chi connectivity index (χ1) is 16.4. The van der Waals surface area contributed by atoms with E-state index in [4.69, 9.17) is 11.6 Å². The second kappa shape index (κ2) is 8.68. The van der Waals surface area contributed by atoms with Crippen LogP contribution in [-0.4, -0.2) is 70.7 Å². The molecule has 2 fully saturated rings. The number of likely N-dealkylation sites (N-methyl/N-ethyl adjacent to an activating group) is 1. The van der Waals surface area contributed by atoms with Gasteiger partial charge in [0.05, 0.1) is 10.9 Å². The molecule has 0 radical (unpaired) electrons. The predicted octanol–water partition coefficient (Wildman–Crippen LogP) is 2.65. The summed E-state index contributed by atoms with van der Waals surface area (Å²) in [5.74, 6) is -0.00443. The van der Waals surface area contributed by atoms with Crippen molar-refractivity contribution in [3.05, 3.63) is 65.4 Å². The van der Waals surface area contributed by atoms with E-state index in [1.807, 2.05) is 24.3 Å². The molecular weight excluding hydrogens is 454 g/mol. The largest absolute Gasteiger partial charge is 0.352 e. The highest BCUT2D eigenvalue weighted by atomic mass is 35.5. The number of anilines is 1. The molecule has 0 N–H and O–H groups in total. The molecule has 0 aliphatic carbocycles. The van der Waals surface area contributed by atoms with Gasteiger partial charge in [-0.25, -0.2) is 9.97 Å². The van der Waals surface area contributed by atoms with Crippen LogP contribution in [-0.2, 0) is 19.8 Å². The summed E-state index contributed by atoms with van der Waals surface area (Å²) >= 11 is 6.43. The van der Waals surface area contributed by atoms with Crippen molar-refractivity contribution in [1.29, 1.82) is 0 Å². The lowest BCUT2D eigenvalue weighted by Crippen LogP contribution is -2.51. The molecule has 0 spiro atoms. The molecule has 2 aliphatic rings. The summed E-state index contributed by atoms with van der Waals surface area (Å²) in [5.41, 5.74) is 0.126. The lowest BCUT2D eigenvalue weighted by Gasteiger charge is -2.37. The Morgan fingerprint density at radius 3 is 2.41 bits per heavy atom. The van der Waals surface area contributed by atoms with Crippen LogP contribution in [0.5, 0.6) is 0 Å². The number of amides is 3. The summed E-state index contributed by atoms with van der Waals surface area (Å²) in [6, 6.07) is 14.8. The Hall–Kier alpha value is -3.52. The Labute approximate surface area is 202 Å². The number of hydrogen-bond acceptors (Lipinski definition) is 6. The van der Waals surface area contributed by atoms with Crippen molar-refractivity contribution in [2.75, 3.05) is 38.1 Å². The van der Waals surface area contributed by atoms with E-state index in [0.717, 1.165) is 21.6 Å². The standard InChI is InChI=1S/C25H24ClN5O3/c1-29-21(32)14-25(24(29)34,18-7-3-4-8-19(18)26)15-22(33)30-10-12-31(13-11-30)23-17-6-2-5-9-20(17)27-16-28-23/h2-9,16H,10-15H2,1H3. The molecule has 0 bridgehead atoms. The fraction of sp³-hybridized carbons (Fsp3) is 0.320. The summed E-state index contributed by atoms with van der Waals surface area (Å²) in [7, 11) is 1.46. The van der Waals surface area contributed by atoms with Crippen molar-refractivity contribution >= 4 is 46.0 Å².